The number of amides is 2. The Morgan fingerprint density at radius 3 is 2.71 bits per heavy atom. The third-order valence-electron chi connectivity index (χ3n) is 4.21. The Balaban J connectivity index is 1.42. The van der Waals surface area contributed by atoms with Crippen molar-refractivity contribution in [3.05, 3.63) is 52.5 Å². The summed E-state index contributed by atoms with van der Waals surface area (Å²) in [7, 11) is 0. The monoisotopic (exact) mass is 343 g/mol. The van der Waals surface area contributed by atoms with Crippen molar-refractivity contribution < 1.29 is 9.59 Å². The van der Waals surface area contributed by atoms with Gasteiger partial charge in [-0.25, -0.2) is 0 Å². The molecule has 0 aromatic carbocycles. The minimum absolute atomic E-state index is 0.0296. The standard InChI is InChI=1S/C18H21N3O2S/c22-17(7-6-15-4-3-13-24-15)20-14-8-11-21(12-9-14)18(23)16-5-1-2-10-19-16/h1-5,10,13-14H,6-9,11-12H2,(H,20,22). The van der Waals surface area contributed by atoms with Gasteiger partial charge in [0, 0.05) is 36.6 Å². The maximum absolute atomic E-state index is 12.3. The van der Waals surface area contributed by atoms with Crippen LogP contribution in [0.25, 0.3) is 0 Å². The van der Waals surface area contributed by atoms with E-state index in [1.54, 1.807) is 29.7 Å². The van der Waals surface area contributed by atoms with Crippen LogP contribution in [0.4, 0.5) is 0 Å². The first kappa shape index (κ1) is 16.6. The number of rotatable bonds is 5. The van der Waals surface area contributed by atoms with E-state index in [1.165, 1.54) is 4.88 Å². The Morgan fingerprint density at radius 1 is 1.21 bits per heavy atom. The summed E-state index contributed by atoms with van der Waals surface area (Å²) in [6.07, 6.45) is 4.54. The molecule has 0 saturated carbocycles. The third kappa shape index (κ3) is 4.41. The van der Waals surface area contributed by atoms with Crippen molar-refractivity contribution in [2.75, 3.05) is 13.1 Å². The van der Waals surface area contributed by atoms with E-state index in [0.717, 1.165) is 19.3 Å². The number of aromatic nitrogens is 1. The highest BCUT2D eigenvalue weighted by Gasteiger charge is 2.24. The summed E-state index contributed by atoms with van der Waals surface area (Å²) in [5.74, 6) is 0.0657. The van der Waals surface area contributed by atoms with Gasteiger partial charge in [-0.2, -0.15) is 0 Å². The maximum Gasteiger partial charge on any atom is 0.272 e. The van der Waals surface area contributed by atoms with E-state index in [9.17, 15) is 9.59 Å². The molecule has 126 valence electrons. The molecule has 0 atom stereocenters. The zero-order valence-corrected chi connectivity index (χ0v) is 14.3. The van der Waals surface area contributed by atoms with Crippen LogP contribution in [-0.4, -0.2) is 40.8 Å². The van der Waals surface area contributed by atoms with Crippen molar-refractivity contribution in [3.63, 3.8) is 0 Å². The molecule has 0 bridgehead atoms. The summed E-state index contributed by atoms with van der Waals surface area (Å²) in [6.45, 7) is 1.32. The van der Waals surface area contributed by atoms with Gasteiger partial charge in [-0.05, 0) is 42.8 Å². The van der Waals surface area contributed by atoms with Gasteiger partial charge in [-0.15, -0.1) is 11.3 Å². The zero-order valence-electron chi connectivity index (χ0n) is 13.5. The van der Waals surface area contributed by atoms with Crippen molar-refractivity contribution >= 4 is 23.2 Å². The summed E-state index contributed by atoms with van der Waals surface area (Å²) in [4.78, 5) is 31.5. The minimum Gasteiger partial charge on any atom is -0.353 e. The molecule has 1 saturated heterocycles. The Bertz CT molecular complexity index is 665. The lowest BCUT2D eigenvalue weighted by molar-refractivity contribution is -0.122. The highest BCUT2D eigenvalue weighted by Crippen LogP contribution is 2.14. The predicted octanol–water partition coefficient (Wildman–Crippen LogP) is 2.50. The summed E-state index contributed by atoms with van der Waals surface area (Å²) in [5, 5.41) is 5.12. The molecule has 2 aromatic rings. The van der Waals surface area contributed by atoms with Crippen LogP contribution in [0, 0.1) is 0 Å². The SMILES string of the molecule is O=C(CCc1cccs1)NC1CCN(C(=O)c2ccccn2)CC1. The first-order valence-corrected chi connectivity index (χ1v) is 9.12. The number of piperidine rings is 1. The fourth-order valence-corrected chi connectivity index (χ4v) is 3.58. The molecule has 2 aromatic heterocycles. The van der Waals surface area contributed by atoms with E-state index < -0.39 is 0 Å². The van der Waals surface area contributed by atoms with Gasteiger partial charge < -0.3 is 10.2 Å². The number of pyridine rings is 1. The van der Waals surface area contributed by atoms with Gasteiger partial charge in [-0.3, -0.25) is 14.6 Å². The molecule has 6 heteroatoms. The number of hydrogen-bond donors (Lipinski definition) is 1. The smallest absolute Gasteiger partial charge is 0.272 e. The number of thiophene rings is 1. The summed E-state index contributed by atoms with van der Waals surface area (Å²) >= 11 is 1.68. The van der Waals surface area contributed by atoms with Crippen molar-refractivity contribution in [3.8, 4) is 0 Å². The van der Waals surface area contributed by atoms with E-state index in [0.29, 0.717) is 25.2 Å². The number of carbonyl (C=O) groups excluding carboxylic acids is 2. The Labute approximate surface area is 145 Å². The first-order chi connectivity index (χ1) is 11.7. The average molecular weight is 343 g/mol. The van der Waals surface area contributed by atoms with Crippen molar-refractivity contribution in [2.45, 2.75) is 31.7 Å². The molecular weight excluding hydrogens is 322 g/mol. The molecule has 0 aliphatic carbocycles. The van der Waals surface area contributed by atoms with E-state index in [2.05, 4.69) is 16.4 Å². The zero-order chi connectivity index (χ0) is 16.8. The molecule has 1 N–H and O–H groups in total. The summed E-state index contributed by atoms with van der Waals surface area (Å²) < 4.78 is 0. The lowest BCUT2D eigenvalue weighted by Gasteiger charge is -2.32. The number of carbonyl (C=O) groups is 2. The van der Waals surface area contributed by atoms with Crippen LogP contribution in [-0.2, 0) is 11.2 Å². The van der Waals surface area contributed by atoms with Gasteiger partial charge in [-0.1, -0.05) is 12.1 Å². The second-order valence-electron chi connectivity index (χ2n) is 5.93. The van der Waals surface area contributed by atoms with Crippen LogP contribution in [0.5, 0.6) is 0 Å². The quantitative estimate of drug-likeness (QED) is 0.907. The average Bonchev–Trinajstić information content (AvgIpc) is 3.14. The lowest BCUT2D eigenvalue weighted by Crippen LogP contribution is -2.46. The highest BCUT2D eigenvalue weighted by atomic mass is 32.1. The number of aryl methyl sites for hydroxylation is 1. The largest absolute Gasteiger partial charge is 0.353 e. The van der Waals surface area contributed by atoms with Crippen LogP contribution < -0.4 is 5.32 Å². The minimum atomic E-state index is -0.0296. The van der Waals surface area contributed by atoms with Crippen molar-refractivity contribution in [1.82, 2.24) is 15.2 Å². The number of nitrogens with zero attached hydrogens (tertiary/aromatic N) is 2. The third-order valence-corrected chi connectivity index (χ3v) is 5.15. The fraction of sp³-hybridized carbons (Fsp3) is 0.389. The van der Waals surface area contributed by atoms with Crippen LogP contribution in [0.1, 0.15) is 34.6 Å². The van der Waals surface area contributed by atoms with Crippen molar-refractivity contribution in [2.24, 2.45) is 0 Å². The maximum atomic E-state index is 12.3. The van der Waals surface area contributed by atoms with Gasteiger partial charge >= 0.3 is 0 Å². The van der Waals surface area contributed by atoms with E-state index in [1.807, 2.05) is 22.4 Å². The highest BCUT2D eigenvalue weighted by molar-refractivity contribution is 7.09. The molecular formula is C18H21N3O2S. The van der Waals surface area contributed by atoms with Gasteiger partial charge in [0.2, 0.25) is 5.91 Å². The second kappa shape index (κ2) is 8.06. The van der Waals surface area contributed by atoms with E-state index in [4.69, 9.17) is 0 Å². The van der Waals surface area contributed by atoms with Gasteiger partial charge in [0.05, 0.1) is 0 Å². The van der Waals surface area contributed by atoms with E-state index in [-0.39, 0.29) is 17.9 Å². The molecule has 3 heterocycles. The van der Waals surface area contributed by atoms with Crippen molar-refractivity contribution in [1.29, 1.82) is 0 Å². The van der Waals surface area contributed by atoms with Crippen LogP contribution in [0.3, 0.4) is 0 Å². The van der Waals surface area contributed by atoms with E-state index >= 15 is 0 Å². The van der Waals surface area contributed by atoms with Gasteiger partial charge in [0.25, 0.3) is 5.91 Å². The summed E-state index contributed by atoms with van der Waals surface area (Å²) in [5.41, 5.74) is 0.482. The molecule has 0 unspecified atom stereocenters. The van der Waals surface area contributed by atoms with Crippen LogP contribution >= 0.6 is 11.3 Å². The molecule has 24 heavy (non-hydrogen) atoms. The van der Waals surface area contributed by atoms with Crippen LogP contribution in [0.2, 0.25) is 0 Å². The molecule has 0 radical (unpaired) electrons. The molecule has 5 nitrogen and oxygen atoms in total. The number of likely N-dealkylation sites (tertiary alicyclic amines) is 1. The molecule has 1 aliphatic rings. The predicted molar refractivity (Wildman–Crippen MR) is 93.9 cm³/mol. The fourth-order valence-electron chi connectivity index (χ4n) is 2.87. The number of nitrogens with one attached hydrogen (secondary N) is 1. The molecule has 1 aliphatic heterocycles. The summed E-state index contributed by atoms with van der Waals surface area (Å²) in [6, 6.07) is 9.58. The second-order valence-corrected chi connectivity index (χ2v) is 6.96. The molecule has 0 spiro atoms. The lowest BCUT2D eigenvalue weighted by atomic mass is 10.0. The molecule has 2 amide bonds. The van der Waals surface area contributed by atoms with Gasteiger partial charge in [0.15, 0.2) is 0 Å². The first-order valence-electron chi connectivity index (χ1n) is 8.24. The number of hydrogen-bond acceptors (Lipinski definition) is 4. The van der Waals surface area contributed by atoms with Crippen LogP contribution in [0.15, 0.2) is 41.9 Å². The Hall–Kier alpha value is -2.21. The van der Waals surface area contributed by atoms with Gasteiger partial charge in [0.1, 0.15) is 5.69 Å². The Morgan fingerprint density at radius 2 is 2.04 bits per heavy atom. The molecule has 1 fully saturated rings. The normalized spacial score (nSPS) is 15.2. The topological polar surface area (TPSA) is 62.3 Å². The molecule has 3 rings (SSSR count). The Kier molecular flexibility index (Phi) is 5.59.